The molecule has 0 saturated carbocycles. The van der Waals surface area contributed by atoms with Gasteiger partial charge < -0.3 is 9.84 Å². The molecule has 2 nitrogen and oxygen atoms in total. The average molecular weight is 328 g/mol. The molecule has 4 atom stereocenters. The maximum atomic E-state index is 10.8. The summed E-state index contributed by atoms with van der Waals surface area (Å²) >= 11 is 0. The second-order valence-electron chi connectivity index (χ2n) is 8.64. The normalized spacial score (nSPS) is 36.6. The Morgan fingerprint density at radius 3 is 2.58 bits per heavy atom. The number of benzene rings is 1. The van der Waals surface area contributed by atoms with Crippen LogP contribution in [0.15, 0.2) is 36.4 Å². The average Bonchev–Trinajstić information content (AvgIpc) is 2.52. The van der Waals surface area contributed by atoms with Gasteiger partial charge in [0.05, 0.1) is 5.60 Å². The van der Waals surface area contributed by atoms with Gasteiger partial charge in [-0.1, -0.05) is 38.1 Å². The molecule has 1 heterocycles. The predicted octanol–water partition coefficient (Wildman–Crippen LogP) is 5.15. The van der Waals surface area contributed by atoms with Crippen LogP contribution in [0, 0.1) is 17.8 Å². The molecule has 1 aromatic rings. The van der Waals surface area contributed by atoms with E-state index >= 15 is 0 Å². The van der Waals surface area contributed by atoms with Crippen molar-refractivity contribution in [2.45, 2.75) is 71.0 Å². The van der Waals surface area contributed by atoms with Crippen molar-refractivity contribution in [2.24, 2.45) is 17.8 Å². The van der Waals surface area contributed by atoms with E-state index in [4.69, 9.17) is 4.74 Å². The maximum Gasteiger partial charge on any atom is 0.127 e. The van der Waals surface area contributed by atoms with E-state index < -0.39 is 5.60 Å². The number of para-hydroxylation sites is 1. The fourth-order valence-electron chi connectivity index (χ4n) is 4.17. The number of rotatable bonds is 1. The summed E-state index contributed by atoms with van der Waals surface area (Å²) in [6, 6.07) is 8.39. The van der Waals surface area contributed by atoms with Crippen LogP contribution < -0.4 is 4.74 Å². The van der Waals surface area contributed by atoms with Gasteiger partial charge in [-0.05, 0) is 75.5 Å². The molecular formula is C22H32O2. The lowest BCUT2D eigenvalue weighted by Crippen LogP contribution is -2.44. The lowest BCUT2D eigenvalue weighted by atomic mass is 9.73. The molecule has 3 rings (SSSR count). The molecule has 2 aliphatic rings. The van der Waals surface area contributed by atoms with Gasteiger partial charge in [-0.25, -0.2) is 0 Å². The molecule has 0 fully saturated rings. The van der Waals surface area contributed by atoms with Gasteiger partial charge in [0.1, 0.15) is 11.4 Å². The highest BCUT2D eigenvalue weighted by Gasteiger charge is 2.40. The molecule has 0 unspecified atom stereocenters. The zero-order valence-electron chi connectivity index (χ0n) is 15.6. The minimum absolute atomic E-state index is 0.283. The second kappa shape index (κ2) is 6.55. The minimum Gasteiger partial charge on any atom is -0.483 e. The first-order chi connectivity index (χ1) is 11.3. The Morgan fingerprint density at radius 2 is 1.83 bits per heavy atom. The SMILES string of the molecule is CC(C)[C@@H]1C=C[C@@]2(C)Oc3ccccc3C[C@@H]2CC[C@](C)(O)CC1. The van der Waals surface area contributed by atoms with Gasteiger partial charge in [0, 0.05) is 5.92 Å². The Morgan fingerprint density at radius 1 is 1.12 bits per heavy atom. The van der Waals surface area contributed by atoms with E-state index in [1.807, 2.05) is 13.0 Å². The standard InChI is InChI=1S/C22H32O2/c1-16(2)17-9-12-21(3,23)13-11-19-15-18-7-5-6-8-20(18)24-22(19,4)14-10-17/h5-8,10,14,16-17,19,23H,9,11-13,15H2,1-4H3/t17-,19-,21+,22+/m0/s1. The van der Waals surface area contributed by atoms with Crippen molar-refractivity contribution < 1.29 is 9.84 Å². The molecule has 0 aromatic heterocycles. The first-order valence-electron chi connectivity index (χ1n) is 9.48. The van der Waals surface area contributed by atoms with E-state index in [0.717, 1.165) is 37.9 Å². The number of hydrogen-bond acceptors (Lipinski definition) is 2. The van der Waals surface area contributed by atoms with Crippen LogP contribution in [-0.4, -0.2) is 16.3 Å². The van der Waals surface area contributed by atoms with E-state index in [1.165, 1.54) is 5.56 Å². The molecular weight excluding hydrogens is 296 g/mol. The molecule has 1 aliphatic carbocycles. The Balaban J connectivity index is 1.95. The van der Waals surface area contributed by atoms with Gasteiger partial charge in [-0.15, -0.1) is 0 Å². The molecule has 0 spiro atoms. The predicted molar refractivity (Wildman–Crippen MR) is 99.2 cm³/mol. The summed E-state index contributed by atoms with van der Waals surface area (Å²) in [6.07, 6.45) is 9.45. The van der Waals surface area contributed by atoms with Gasteiger partial charge in [-0.2, -0.15) is 0 Å². The third-order valence-corrected chi connectivity index (χ3v) is 6.16. The largest absolute Gasteiger partial charge is 0.483 e. The molecule has 0 bridgehead atoms. The van der Waals surface area contributed by atoms with Gasteiger partial charge in [-0.3, -0.25) is 0 Å². The summed E-state index contributed by atoms with van der Waals surface area (Å²) in [5.41, 5.74) is 0.441. The molecule has 1 N–H and O–H groups in total. The monoisotopic (exact) mass is 328 g/mol. The lowest BCUT2D eigenvalue weighted by molar-refractivity contribution is 0.00141. The summed E-state index contributed by atoms with van der Waals surface area (Å²) in [7, 11) is 0. The fourth-order valence-corrected chi connectivity index (χ4v) is 4.17. The fraction of sp³-hybridized carbons (Fsp3) is 0.636. The Kier molecular flexibility index (Phi) is 4.79. The number of allylic oxidation sites excluding steroid dienone is 1. The Bertz CT molecular complexity index is 602. The van der Waals surface area contributed by atoms with E-state index in [-0.39, 0.29) is 5.60 Å². The second-order valence-corrected chi connectivity index (χ2v) is 8.64. The summed E-state index contributed by atoms with van der Waals surface area (Å²) < 4.78 is 6.48. The Hall–Kier alpha value is -1.28. The van der Waals surface area contributed by atoms with Crippen LogP contribution in [0.4, 0.5) is 0 Å². The van der Waals surface area contributed by atoms with Crippen molar-refractivity contribution in [2.75, 3.05) is 0 Å². The molecule has 0 saturated heterocycles. The summed E-state index contributed by atoms with van der Waals surface area (Å²) in [5, 5.41) is 10.8. The van der Waals surface area contributed by atoms with E-state index in [0.29, 0.717) is 17.8 Å². The van der Waals surface area contributed by atoms with Crippen molar-refractivity contribution in [1.82, 2.24) is 0 Å². The summed E-state index contributed by atoms with van der Waals surface area (Å²) in [6.45, 7) is 8.77. The minimum atomic E-state index is -0.573. The number of hydrogen-bond donors (Lipinski definition) is 1. The van der Waals surface area contributed by atoms with Crippen molar-refractivity contribution >= 4 is 0 Å². The lowest BCUT2D eigenvalue weighted by Gasteiger charge is -2.43. The van der Waals surface area contributed by atoms with Crippen LogP contribution in [-0.2, 0) is 6.42 Å². The maximum absolute atomic E-state index is 10.8. The molecule has 2 heteroatoms. The number of aliphatic hydroxyl groups is 1. The zero-order valence-corrected chi connectivity index (χ0v) is 15.6. The van der Waals surface area contributed by atoms with Crippen LogP contribution >= 0.6 is 0 Å². The van der Waals surface area contributed by atoms with Crippen LogP contribution in [0.3, 0.4) is 0 Å². The van der Waals surface area contributed by atoms with Crippen molar-refractivity contribution in [3.05, 3.63) is 42.0 Å². The molecule has 0 radical (unpaired) electrons. The van der Waals surface area contributed by atoms with Crippen molar-refractivity contribution in [1.29, 1.82) is 0 Å². The number of fused-ring (bicyclic) bond motifs is 2. The molecule has 24 heavy (non-hydrogen) atoms. The third kappa shape index (κ3) is 3.69. The highest BCUT2D eigenvalue weighted by molar-refractivity contribution is 5.38. The van der Waals surface area contributed by atoms with Crippen LogP contribution in [0.1, 0.15) is 58.9 Å². The molecule has 0 amide bonds. The topological polar surface area (TPSA) is 29.5 Å². The number of ether oxygens (including phenoxy) is 1. The van der Waals surface area contributed by atoms with E-state index in [2.05, 4.69) is 51.1 Å². The molecule has 1 aromatic carbocycles. The van der Waals surface area contributed by atoms with Crippen molar-refractivity contribution in [3.63, 3.8) is 0 Å². The first kappa shape index (κ1) is 17.5. The zero-order chi connectivity index (χ0) is 17.4. The van der Waals surface area contributed by atoms with E-state index in [9.17, 15) is 5.11 Å². The van der Waals surface area contributed by atoms with Crippen LogP contribution in [0.25, 0.3) is 0 Å². The molecule has 132 valence electrons. The molecule has 1 aliphatic heterocycles. The smallest absolute Gasteiger partial charge is 0.127 e. The van der Waals surface area contributed by atoms with E-state index in [1.54, 1.807) is 0 Å². The van der Waals surface area contributed by atoms with Gasteiger partial charge in [0.25, 0.3) is 0 Å². The Labute approximate surface area is 146 Å². The first-order valence-corrected chi connectivity index (χ1v) is 9.48. The van der Waals surface area contributed by atoms with Gasteiger partial charge in [0.2, 0.25) is 0 Å². The third-order valence-electron chi connectivity index (χ3n) is 6.16. The van der Waals surface area contributed by atoms with Crippen LogP contribution in [0.5, 0.6) is 5.75 Å². The van der Waals surface area contributed by atoms with Gasteiger partial charge >= 0.3 is 0 Å². The van der Waals surface area contributed by atoms with Crippen LogP contribution in [0.2, 0.25) is 0 Å². The van der Waals surface area contributed by atoms with Gasteiger partial charge in [0.15, 0.2) is 0 Å². The highest BCUT2D eigenvalue weighted by Crippen LogP contribution is 2.42. The van der Waals surface area contributed by atoms with Crippen molar-refractivity contribution in [3.8, 4) is 5.75 Å². The quantitative estimate of drug-likeness (QED) is 0.722. The summed E-state index contributed by atoms with van der Waals surface area (Å²) in [5.74, 6) is 2.49. The highest BCUT2D eigenvalue weighted by atomic mass is 16.5. The summed E-state index contributed by atoms with van der Waals surface area (Å²) in [4.78, 5) is 0.